The van der Waals surface area contributed by atoms with Gasteiger partial charge in [0.1, 0.15) is 11.6 Å². The van der Waals surface area contributed by atoms with Crippen LogP contribution in [0.15, 0.2) is 0 Å². The van der Waals surface area contributed by atoms with Crippen molar-refractivity contribution in [3.63, 3.8) is 0 Å². The van der Waals surface area contributed by atoms with Gasteiger partial charge in [0.25, 0.3) is 0 Å². The Morgan fingerprint density at radius 3 is 2.27 bits per heavy atom. The fraction of sp³-hybridized carbons (Fsp3) is 0.778. The summed E-state index contributed by atoms with van der Waals surface area (Å²) in [7, 11) is 1.50. The smallest absolute Gasteiger partial charge is 0.408 e. The number of thiol groups is 1. The summed E-state index contributed by atoms with van der Waals surface area (Å²) in [5.74, 6) is -0.0744. The van der Waals surface area contributed by atoms with E-state index < -0.39 is 17.7 Å². The highest BCUT2D eigenvalue weighted by Crippen LogP contribution is 2.06. The third-order valence-corrected chi connectivity index (χ3v) is 1.80. The molecule has 0 radical (unpaired) electrons. The first-order valence-corrected chi connectivity index (χ1v) is 5.25. The molecular weight excluding hydrogens is 216 g/mol. The van der Waals surface area contributed by atoms with Crippen molar-refractivity contribution >= 4 is 24.6 Å². The van der Waals surface area contributed by atoms with Gasteiger partial charge in [-0.05, 0) is 20.8 Å². The van der Waals surface area contributed by atoms with Crippen LogP contribution in [0.5, 0.6) is 0 Å². The molecule has 0 bridgehead atoms. The van der Waals surface area contributed by atoms with E-state index in [1.54, 1.807) is 20.8 Å². The summed E-state index contributed by atoms with van der Waals surface area (Å²) in [4.78, 5) is 22.5. The Morgan fingerprint density at radius 1 is 1.40 bits per heavy atom. The number of nitrogens with one attached hydrogen (secondary N) is 2. The molecular formula is C9H18N2O3S. The maximum Gasteiger partial charge on any atom is 0.408 e. The largest absolute Gasteiger partial charge is 0.444 e. The first-order chi connectivity index (χ1) is 6.80. The molecule has 6 heteroatoms. The highest BCUT2D eigenvalue weighted by molar-refractivity contribution is 7.80. The summed E-state index contributed by atoms with van der Waals surface area (Å²) in [6.07, 6.45) is -0.620. The number of rotatable bonds is 3. The van der Waals surface area contributed by atoms with Crippen molar-refractivity contribution in [3.05, 3.63) is 0 Å². The molecule has 88 valence electrons. The van der Waals surface area contributed by atoms with Gasteiger partial charge < -0.3 is 15.4 Å². The Morgan fingerprint density at radius 2 is 1.93 bits per heavy atom. The zero-order valence-electron chi connectivity index (χ0n) is 9.46. The standard InChI is InChI=1S/C9H18N2O3S/c1-9(2,3)14-8(13)11-6(5-15)7(12)10-4/h6,15H,5H2,1-4H3,(H,10,12)(H,11,13). The molecule has 0 spiro atoms. The van der Waals surface area contributed by atoms with Crippen LogP contribution in [-0.4, -0.2) is 36.4 Å². The molecule has 5 nitrogen and oxygen atoms in total. The van der Waals surface area contributed by atoms with Gasteiger partial charge in [0, 0.05) is 12.8 Å². The van der Waals surface area contributed by atoms with Gasteiger partial charge in [-0.25, -0.2) is 4.79 Å². The van der Waals surface area contributed by atoms with Crippen LogP contribution < -0.4 is 10.6 Å². The third-order valence-electron chi connectivity index (χ3n) is 1.44. The van der Waals surface area contributed by atoms with Gasteiger partial charge in [-0.1, -0.05) is 0 Å². The van der Waals surface area contributed by atoms with Crippen LogP contribution in [-0.2, 0) is 9.53 Å². The van der Waals surface area contributed by atoms with Gasteiger partial charge in [0.2, 0.25) is 5.91 Å². The lowest BCUT2D eigenvalue weighted by molar-refractivity contribution is -0.122. The predicted molar refractivity (Wildman–Crippen MR) is 61.1 cm³/mol. The van der Waals surface area contributed by atoms with E-state index in [1.165, 1.54) is 7.05 Å². The number of hydrogen-bond acceptors (Lipinski definition) is 4. The van der Waals surface area contributed by atoms with E-state index in [0.717, 1.165) is 0 Å². The molecule has 0 aliphatic carbocycles. The van der Waals surface area contributed by atoms with E-state index in [-0.39, 0.29) is 11.7 Å². The third kappa shape index (κ3) is 6.22. The fourth-order valence-corrected chi connectivity index (χ4v) is 1.08. The summed E-state index contributed by atoms with van der Waals surface area (Å²) in [5.41, 5.74) is -0.575. The van der Waals surface area contributed by atoms with Crippen molar-refractivity contribution in [1.82, 2.24) is 10.6 Å². The molecule has 0 aromatic carbocycles. The van der Waals surface area contributed by atoms with Crippen molar-refractivity contribution in [2.24, 2.45) is 0 Å². The van der Waals surface area contributed by atoms with Crippen molar-refractivity contribution in [2.75, 3.05) is 12.8 Å². The van der Waals surface area contributed by atoms with Crippen LogP contribution in [0.25, 0.3) is 0 Å². The van der Waals surface area contributed by atoms with E-state index in [9.17, 15) is 9.59 Å². The number of alkyl carbamates (subject to hydrolysis) is 1. The maximum atomic E-state index is 11.3. The van der Waals surface area contributed by atoms with E-state index in [2.05, 4.69) is 23.3 Å². The minimum atomic E-state index is -0.673. The molecule has 0 aliphatic heterocycles. The van der Waals surface area contributed by atoms with Crippen LogP contribution in [0.1, 0.15) is 20.8 Å². The highest BCUT2D eigenvalue weighted by Gasteiger charge is 2.22. The molecule has 0 saturated carbocycles. The van der Waals surface area contributed by atoms with Gasteiger partial charge in [0.05, 0.1) is 0 Å². The van der Waals surface area contributed by atoms with E-state index in [1.807, 2.05) is 0 Å². The van der Waals surface area contributed by atoms with Crippen LogP contribution >= 0.6 is 12.6 Å². The summed E-state index contributed by atoms with van der Waals surface area (Å²) in [6.45, 7) is 5.26. The number of amides is 2. The summed E-state index contributed by atoms with van der Waals surface area (Å²) in [5, 5.41) is 4.85. The van der Waals surface area contributed by atoms with Crippen molar-refractivity contribution in [1.29, 1.82) is 0 Å². The number of ether oxygens (including phenoxy) is 1. The monoisotopic (exact) mass is 234 g/mol. The highest BCUT2D eigenvalue weighted by atomic mass is 32.1. The second-order valence-electron chi connectivity index (χ2n) is 4.00. The number of carbonyl (C=O) groups is 2. The van der Waals surface area contributed by atoms with Crippen LogP contribution in [0.4, 0.5) is 4.79 Å². The van der Waals surface area contributed by atoms with Gasteiger partial charge in [-0.2, -0.15) is 12.6 Å². The lowest BCUT2D eigenvalue weighted by Gasteiger charge is -2.22. The molecule has 0 saturated heterocycles. The zero-order valence-corrected chi connectivity index (χ0v) is 10.4. The molecule has 0 rings (SSSR count). The minimum absolute atomic E-state index is 0.221. The molecule has 0 aliphatic rings. The Kier molecular flexibility index (Phi) is 5.49. The number of carbonyl (C=O) groups excluding carboxylic acids is 2. The van der Waals surface area contributed by atoms with Crippen LogP contribution in [0, 0.1) is 0 Å². The van der Waals surface area contributed by atoms with Gasteiger partial charge >= 0.3 is 6.09 Å². The first-order valence-electron chi connectivity index (χ1n) is 4.62. The second kappa shape index (κ2) is 5.85. The number of likely N-dealkylation sites (N-methyl/N-ethyl adjacent to an activating group) is 1. The molecule has 0 heterocycles. The minimum Gasteiger partial charge on any atom is -0.444 e. The summed E-state index contributed by atoms with van der Waals surface area (Å²) < 4.78 is 5.00. The topological polar surface area (TPSA) is 67.4 Å². The van der Waals surface area contributed by atoms with E-state index >= 15 is 0 Å². The molecule has 0 aromatic rings. The second-order valence-corrected chi connectivity index (χ2v) is 4.36. The average molecular weight is 234 g/mol. The van der Waals surface area contributed by atoms with Crippen LogP contribution in [0.3, 0.4) is 0 Å². The van der Waals surface area contributed by atoms with Gasteiger partial charge in [-0.15, -0.1) is 0 Å². The molecule has 0 aromatic heterocycles. The maximum absolute atomic E-state index is 11.3. The Hall–Kier alpha value is -0.910. The Labute approximate surface area is 95.4 Å². The van der Waals surface area contributed by atoms with Gasteiger partial charge in [-0.3, -0.25) is 4.79 Å². The molecule has 1 atom stereocenters. The first kappa shape index (κ1) is 14.1. The normalized spacial score (nSPS) is 12.9. The Balaban J connectivity index is 4.20. The van der Waals surface area contributed by atoms with E-state index in [4.69, 9.17) is 4.74 Å². The summed E-state index contributed by atoms with van der Waals surface area (Å²) in [6, 6.07) is -0.673. The Bertz CT molecular complexity index is 238. The lowest BCUT2D eigenvalue weighted by atomic mass is 10.2. The summed E-state index contributed by atoms with van der Waals surface area (Å²) >= 11 is 3.96. The zero-order chi connectivity index (χ0) is 12.1. The fourth-order valence-electron chi connectivity index (χ4n) is 0.818. The molecule has 1 unspecified atom stereocenters. The lowest BCUT2D eigenvalue weighted by Crippen LogP contribution is -2.48. The quantitative estimate of drug-likeness (QED) is 0.625. The number of hydrogen-bond donors (Lipinski definition) is 3. The predicted octanol–water partition coefficient (Wildman–Crippen LogP) is 0.555. The molecule has 15 heavy (non-hydrogen) atoms. The van der Waals surface area contributed by atoms with Crippen molar-refractivity contribution in [3.8, 4) is 0 Å². The molecule has 2 amide bonds. The van der Waals surface area contributed by atoms with Crippen molar-refractivity contribution in [2.45, 2.75) is 32.4 Å². The average Bonchev–Trinajstić information content (AvgIpc) is 2.10. The van der Waals surface area contributed by atoms with Gasteiger partial charge in [0.15, 0.2) is 0 Å². The van der Waals surface area contributed by atoms with E-state index in [0.29, 0.717) is 0 Å². The van der Waals surface area contributed by atoms with Crippen molar-refractivity contribution < 1.29 is 14.3 Å². The SMILES string of the molecule is CNC(=O)C(CS)NC(=O)OC(C)(C)C. The molecule has 0 fully saturated rings. The van der Waals surface area contributed by atoms with Crippen LogP contribution in [0.2, 0.25) is 0 Å². The molecule has 2 N–H and O–H groups in total.